The predicted octanol–water partition coefficient (Wildman–Crippen LogP) is 1.71. The van der Waals surface area contributed by atoms with Crippen molar-refractivity contribution < 1.29 is 4.79 Å². The lowest BCUT2D eigenvalue weighted by Crippen LogP contribution is -2.55. The fraction of sp³-hybridized carbons (Fsp3) is 0.538. The number of hydrogen-bond donors (Lipinski definition) is 1. The van der Waals surface area contributed by atoms with Crippen molar-refractivity contribution in [3.63, 3.8) is 0 Å². The minimum atomic E-state index is -0.678. The summed E-state index contributed by atoms with van der Waals surface area (Å²) in [6, 6.07) is 3.69. The molecular weight excluding hydrogens is 214 g/mol. The SMILES string of the molecule is CN(C(=O)C1(N)CCCCC1)c1cccnc1. The normalized spacial score (nSPS) is 18.7. The molecule has 1 heterocycles. The molecule has 0 bridgehead atoms. The molecule has 4 nitrogen and oxygen atoms in total. The molecule has 0 atom stereocenters. The average Bonchev–Trinajstić information content (AvgIpc) is 2.39. The van der Waals surface area contributed by atoms with Crippen LogP contribution in [0.5, 0.6) is 0 Å². The second-order valence-corrected chi connectivity index (χ2v) is 4.79. The molecule has 1 saturated carbocycles. The van der Waals surface area contributed by atoms with Crippen LogP contribution in [0.2, 0.25) is 0 Å². The fourth-order valence-corrected chi connectivity index (χ4v) is 2.40. The zero-order chi connectivity index (χ0) is 12.3. The summed E-state index contributed by atoms with van der Waals surface area (Å²) in [6.45, 7) is 0. The van der Waals surface area contributed by atoms with E-state index in [1.807, 2.05) is 12.1 Å². The van der Waals surface area contributed by atoms with Crippen LogP contribution in [0.4, 0.5) is 5.69 Å². The third-order valence-corrected chi connectivity index (χ3v) is 3.51. The molecule has 2 rings (SSSR count). The Morgan fingerprint density at radius 2 is 2.12 bits per heavy atom. The highest BCUT2D eigenvalue weighted by atomic mass is 16.2. The molecule has 0 unspecified atom stereocenters. The largest absolute Gasteiger partial charge is 0.317 e. The highest BCUT2D eigenvalue weighted by Crippen LogP contribution is 2.28. The van der Waals surface area contributed by atoms with E-state index in [0.29, 0.717) is 0 Å². The lowest BCUT2D eigenvalue weighted by molar-refractivity contribution is -0.124. The monoisotopic (exact) mass is 233 g/mol. The maximum atomic E-state index is 12.4. The van der Waals surface area contributed by atoms with Crippen LogP contribution in [-0.4, -0.2) is 23.5 Å². The summed E-state index contributed by atoms with van der Waals surface area (Å²) in [5.74, 6) is 0.00481. The van der Waals surface area contributed by atoms with Crippen molar-refractivity contribution in [2.75, 3.05) is 11.9 Å². The number of likely N-dealkylation sites (N-methyl/N-ethyl adjacent to an activating group) is 1. The van der Waals surface area contributed by atoms with E-state index in [0.717, 1.165) is 31.4 Å². The summed E-state index contributed by atoms with van der Waals surface area (Å²) in [5.41, 5.74) is 6.35. The van der Waals surface area contributed by atoms with Crippen molar-refractivity contribution in [2.45, 2.75) is 37.6 Å². The molecular formula is C13H19N3O. The maximum absolute atomic E-state index is 12.4. The van der Waals surface area contributed by atoms with Gasteiger partial charge in [0.2, 0.25) is 5.91 Å². The topological polar surface area (TPSA) is 59.2 Å². The van der Waals surface area contributed by atoms with E-state index >= 15 is 0 Å². The second kappa shape index (κ2) is 4.84. The van der Waals surface area contributed by atoms with Gasteiger partial charge in [0.15, 0.2) is 0 Å². The standard InChI is InChI=1S/C13H19N3O/c1-16(11-6-5-9-15-10-11)12(17)13(14)7-3-2-4-8-13/h5-6,9-10H,2-4,7-8,14H2,1H3. The van der Waals surface area contributed by atoms with Crippen LogP contribution in [-0.2, 0) is 4.79 Å². The maximum Gasteiger partial charge on any atom is 0.246 e. The zero-order valence-corrected chi connectivity index (χ0v) is 10.2. The van der Waals surface area contributed by atoms with Crippen molar-refractivity contribution >= 4 is 11.6 Å². The number of amides is 1. The first-order chi connectivity index (χ1) is 8.13. The quantitative estimate of drug-likeness (QED) is 0.846. The van der Waals surface area contributed by atoms with Crippen molar-refractivity contribution in [2.24, 2.45) is 5.73 Å². The van der Waals surface area contributed by atoms with Gasteiger partial charge in [-0.3, -0.25) is 9.78 Å². The van der Waals surface area contributed by atoms with Crippen LogP contribution < -0.4 is 10.6 Å². The number of pyridine rings is 1. The Hall–Kier alpha value is -1.42. The summed E-state index contributed by atoms with van der Waals surface area (Å²) in [4.78, 5) is 18.0. The third kappa shape index (κ3) is 2.47. The van der Waals surface area contributed by atoms with Gasteiger partial charge in [0.05, 0.1) is 17.4 Å². The Balaban J connectivity index is 2.14. The minimum Gasteiger partial charge on any atom is -0.317 e. The van der Waals surface area contributed by atoms with Gasteiger partial charge in [-0.1, -0.05) is 19.3 Å². The molecule has 4 heteroatoms. The van der Waals surface area contributed by atoms with Gasteiger partial charge < -0.3 is 10.6 Å². The smallest absolute Gasteiger partial charge is 0.246 e. The Kier molecular flexibility index (Phi) is 3.43. The van der Waals surface area contributed by atoms with Crippen molar-refractivity contribution in [1.82, 2.24) is 4.98 Å². The number of carbonyl (C=O) groups is 1. The van der Waals surface area contributed by atoms with Gasteiger partial charge in [0.25, 0.3) is 0 Å². The van der Waals surface area contributed by atoms with Gasteiger partial charge in [-0.15, -0.1) is 0 Å². The van der Waals surface area contributed by atoms with E-state index in [-0.39, 0.29) is 5.91 Å². The molecule has 17 heavy (non-hydrogen) atoms. The van der Waals surface area contributed by atoms with E-state index in [9.17, 15) is 4.79 Å². The van der Waals surface area contributed by atoms with Gasteiger partial charge in [0, 0.05) is 13.2 Å². The number of carbonyl (C=O) groups excluding carboxylic acids is 1. The van der Waals surface area contributed by atoms with E-state index in [1.54, 1.807) is 24.3 Å². The Morgan fingerprint density at radius 3 is 2.71 bits per heavy atom. The molecule has 1 aliphatic rings. The molecule has 0 aromatic carbocycles. The molecule has 0 saturated heterocycles. The number of hydrogen-bond acceptors (Lipinski definition) is 3. The van der Waals surface area contributed by atoms with Crippen LogP contribution in [0, 0.1) is 0 Å². The molecule has 0 radical (unpaired) electrons. The summed E-state index contributed by atoms with van der Waals surface area (Å²) in [7, 11) is 1.77. The minimum absolute atomic E-state index is 0.00481. The summed E-state index contributed by atoms with van der Waals surface area (Å²) < 4.78 is 0. The number of rotatable bonds is 2. The van der Waals surface area contributed by atoms with Gasteiger partial charge in [0.1, 0.15) is 0 Å². The van der Waals surface area contributed by atoms with Crippen molar-refractivity contribution in [3.05, 3.63) is 24.5 Å². The summed E-state index contributed by atoms with van der Waals surface area (Å²) >= 11 is 0. The molecule has 0 aliphatic heterocycles. The molecule has 2 N–H and O–H groups in total. The summed E-state index contributed by atoms with van der Waals surface area (Å²) in [5, 5.41) is 0. The van der Waals surface area contributed by atoms with Crippen LogP contribution in [0.15, 0.2) is 24.5 Å². The highest BCUT2D eigenvalue weighted by Gasteiger charge is 2.37. The van der Waals surface area contributed by atoms with E-state index in [2.05, 4.69) is 4.98 Å². The van der Waals surface area contributed by atoms with Gasteiger partial charge in [-0.2, -0.15) is 0 Å². The Morgan fingerprint density at radius 1 is 1.41 bits per heavy atom. The molecule has 1 aromatic rings. The first-order valence-electron chi connectivity index (χ1n) is 6.10. The predicted molar refractivity (Wildman–Crippen MR) is 67.7 cm³/mol. The van der Waals surface area contributed by atoms with Crippen LogP contribution >= 0.6 is 0 Å². The zero-order valence-electron chi connectivity index (χ0n) is 10.2. The number of nitrogens with two attached hydrogens (primary N) is 1. The number of aromatic nitrogens is 1. The second-order valence-electron chi connectivity index (χ2n) is 4.79. The molecule has 1 amide bonds. The Labute approximate surface area is 102 Å². The third-order valence-electron chi connectivity index (χ3n) is 3.51. The Bertz CT molecular complexity index is 385. The number of anilines is 1. The first-order valence-corrected chi connectivity index (χ1v) is 6.10. The van der Waals surface area contributed by atoms with Gasteiger partial charge in [-0.25, -0.2) is 0 Å². The van der Waals surface area contributed by atoms with Crippen LogP contribution in [0.1, 0.15) is 32.1 Å². The molecule has 1 fully saturated rings. The van der Waals surface area contributed by atoms with Crippen molar-refractivity contribution in [1.29, 1.82) is 0 Å². The fourth-order valence-electron chi connectivity index (χ4n) is 2.40. The number of nitrogens with zero attached hydrogens (tertiary/aromatic N) is 2. The van der Waals surface area contributed by atoms with Crippen LogP contribution in [0.3, 0.4) is 0 Å². The highest BCUT2D eigenvalue weighted by molar-refractivity contribution is 5.99. The van der Waals surface area contributed by atoms with E-state index < -0.39 is 5.54 Å². The molecule has 0 spiro atoms. The van der Waals surface area contributed by atoms with E-state index in [1.165, 1.54) is 6.42 Å². The summed E-state index contributed by atoms with van der Waals surface area (Å²) in [6.07, 6.45) is 8.23. The average molecular weight is 233 g/mol. The lowest BCUT2D eigenvalue weighted by Gasteiger charge is -2.35. The van der Waals surface area contributed by atoms with E-state index in [4.69, 9.17) is 5.73 Å². The molecule has 1 aromatic heterocycles. The van der Waals surface area contributed by atoms with Crippen molar-refractivity contribution in [3.8, 4) is 0 Å². The van der Waals surface area contributed by atoms with Gasteiger partial charge >= 0.3 is 0 Å². The molecule has 1 aliphatic carbocycles. The van der Waals surface area contributed by atoms with Gasteiger partial charge in [-0.05, 0) is 25.0 Å². The first kappa shape index (κ1) is 12.0. The van der Waals surface area contributed by atoms with Crippen LogP contribution in [0.25, 0.3) is 0 Å². The molecule has 92 valence electrons. The lowest BCUT2D eigenvalue weighted by atomic mass is 9.81.